The molecule has 1 aromatic heterocycles. The van der Waals surface area contributed by atoms with Crippen LogP contribution in [0.1, 0.15) is 11.1 Å². The van der Waals surface area contributed by atoms with Gasteiger partial charge >= 0.3 is 6.03 Å². The van der Waals surface area contributed by atoms with Crippen molar-refractivity contribution in [1.82, 2.24) is 9.97 Å². The van der Waals surface area contributed by atoms with Gasteiger partial charge in [-0.3, -0.25) is 10.3 Å². The van der Waals surface area contributed by atoms with Gasteiger partial charge in [0.15, 0.2) is 5.82 Å². The highest BCUT2D eigenvalue weighted by molar-refractivity contribution is 5.99. The van der Waals surface area contributed by atoms with Crippen molar-refractivity contribution in [2.24, 2.45) is 0 Å². The van der Waals surface area contributed by atoms with Gasteiger partial charge in [-0.05, 0) is 31.0 Å². The lowest BCUT2D eigenvalue weighted by Crippen LogP contribution is -2.21. The van der Waals surface area contributed by atoms with Crippen LogP contribution >= 0.6 is 0 Å². The Bertz CT molecular complexity index is 862. The Morgan fingerprint density at radius 1 is 0.958 bits per heavy atom. The van der Waals surface area contributed by atoms with Crippen LogP contribution < -0.4 is 10.6 Å². The van der Waals surface area contributed by atoms with Gasteiger partial charge in [-0.15, -0.1) is 0 Å². The molecule has 0 fully saturated rings. The summed E-state index contributed by atoms with van der Waals surface area (Å²) in [5.41, 5.74) is 4.52. The van der Waals surface area contributed by atoms with Crippen molar-refractivity contribution in [2.75, 3.05) is 10.6 Å². The molecular weight excluding hydrogens is 300 g/mol. The van der Waals surface area contributed by atoms with Crippen LogP contribution in [-0.4, -0.2) is 16.0 Å². The zero-order valence-corrected chi connectivity index (χ0v) is 13.6. The van der Waals surface area contributed by atoms with Crippen molar-refractivity contribution in [1.29, 1.82) is 0 Å². The second kappa shape index (κ2) is 6.91. The molecule has 5 heteroatoms. The van der Waals surface area contributed by atoms with Crippen molar-refractivity contribution in [3.8, 4) is 11.3 Å². The van der Waals surface area contributed by atoms with Crippen LogP contribution in [0.2, 0.25) is 0 Å². The number of hydrogen-bond acceptors (Lipinski definition) is 3. The zero-order valence-electron chi connectivity index (χ0n) is 13.6. The van der Waals surface area contributed by atoms with E-state index in [4.69, 9.17) is 0 Å². The second-order valence-corrected chi connectivity index (χ2v) is 5.55. The van der Waals surface area contributed by atoms with E-state index in [0.29, 0.717) is 11.5 Å². The van der Waals surface area contributed by atoms with Crippen LogP contribution in [0.4, 0.5) is 16.3 Å². The van der Waals surface area contributed by atoms with Crippen LogP contribution in [0.5, 0.6) is 0 Å². The summed E-state index contributed by atoms with van der Waals surface area (Å²) in [6.07, 6.45) is 3.19. The van der Waals surface area contributed by atoms with Crippen LogP contribution in [0.3, 0.4) is 0 Å². The molecule has 0 saturated heterocycles. The highest BCUT2D eigenvalue weighted by Crippen LogP contribution is 2.18. The summed E-state index contributed by atoms with van der Waals surface area (Å²) < 4.78 is 0. The van der Waals surface area contributed by atoms with E-state index >= 15 is 0 Å². The van der Waals surface area contributed by atoms with Gasteiger partial charge in [0.05, 0.1) is 18.1 Å². The highest BCUT2D eigenvalue weighted by Gasteiger charge is 2.07. The maximum Gasteiger partial charge on any atom is 0.324 e. The fourth-order valence-corrected chi connectivity index (χ4v) is 2.31. The predicted molar refractivity (Wildman–Crippen MR) is 96.0 cm³/mol. The first-order valence-electron chi connectivity index (χ1n) is 7.64. The second-order valence-electron chi connectivity index (χ2n) is 5.55. The summed E-state index contributed by atoms with van der Waals surface area (Å²) in [4.78, 5) is 20.8. The fourth-order valence-electron chi connectivity index (χ4n) is 2.31. The summed E-state index contributed by atoms with van der Waals surface area (Å²) in [5.74, 6) is 0.402. The molecule has 0 atom stereocenters. The van der Waals surface area contributed by atoms with Gasteiger partial charge in [0.1, 0.15) is 0 Å². The lowest BCUT2D eigenvalue weighted by Gasteiger charge is -2.10. The molecule has 2 amide bonds. The average Bonchev–Trinajstić information content (AvgIpc) is 2.59. The molecule has 3 rings (SSSR count). The van der Waals surface area contributed by atoms with E-state index in [2.05, 4.69) is 20.6 Å². The summed E-state index contributed by atoms with van der Waals surface area (Å²) in [6, 6.07) is 15.3. The Balaban J connectivity index is 1.74. The quantitative estimate of drug-likeness (QED) is 0.752. The molecule has 2 N–H and O–H groups in total. The molecule has 1 heterocycles. The van der Waals surface area contributed by atoms with Crippen LogP contribution in [-0.2, 0) is 0 Å². The van der Waals surface area contributed by atoms with E-state index in [-0.39, 0.29) is 6.03 Å². The highest BCUT2D eigenvalue weighted by atomic mass is 16.2. The third-order valence-corrected chi connectivity index (χ3v) is 3.59. The number of hydrogen-bond donors (Lipinski definition) is 2. The number of carbonyl (C=O) groups is 1. The Labute approximate surface area is 140 Å². The van der Waals surface area contributed by atoms with Crippen LogP contribution in [0, 0.1) is 13.8 Å². The van der Waals surface area contributed by atoms with Crippen molar-refractivity contribution in [2.45, 2.75) is 13.8 Å². The minimum absolute atomic E-state index is 0.344. The molecule has 0 aliphatic carbocycles. The van der Waals surface area contributed by atoms with E-state index in [1.54, 1.807) is 6.20 Å². The van der Waals surface area contributed by atoms with Crippen molar-refractivity contribution in [3.63, 3.8) is 0 Å². The zero-order chi connectivity index (χ0) is 16.9. The molecule has 0 saturated carbocycles. The van der Waals surface area contributed by atoms with Crippen LogP contribution in [0.15, 0.2) is 60.9 Å². The first kappa shape index (κ1) is 15.7. The molecule has 0 radical (unpaired) electrons. The topological polar surface area (TPSA) is 66.9 Å². The number of nitrogens with zero attached hydrogens (tertiary/aromatic N) is 2. The van der Waals surface area contributed by atoms with Gasteiger partial charge in [0, 0.05) is 11.3 Å². The van der Waals surface area contributed by atoms with E-state index in [1.165, 1.54) is 6.20 Å². The Hall–Kier alpha value is -3.21. The minimum Gasteiger partial charge on any atom is -0.307 e. The predicted octanol–water partition coefficient (Wildman–Crippen LogP) is 4.40. The van der Waals surface area contributed by atoms with Crippen molar-refractivity contribution >= 4 is 17.5 Å². The van der Waals surface area contributed by atoms with Gasteiger partial charge in [0.25, 0.3) is 0 Å². The number of rotatable bonds is 3. The van der Waals surface area contributed by atoms with Crippen molar-refractivity contribution < 1.29 is 4.79 Å². The molecule has 0 unspecified atom stereocenters. The number of anilines is 2. The van der Waals surface area contributed by atoms with Gasteiger partial charge in [-0.1, -0.05) is 42.5 Å². The number of carbonyl (C=O) groups excluding carboxylic acids is 1. The maximum atomic E-state index is 12.2. The number of aryl methyl sites for hydroxylation is 2. The fraction of sp³-hybridized carbons (Fsp3) is 0.105. The normalized spacial score (nSPS) is 10.2. The Kier molecular flexibility index (Phi) is 4.52. The number of aromatic nitrogens is 2. The minimum atomic E-state index is -0.344. The molecule has 3 aromatic rings. The maximum absolute atomic E-state index is 12.2. The number of nitrogens with one attached hydrogen (secondary N) is 2. The number of benzene rings is 2. The van der Waals surface area contributed by atoms with E-state index in [1.807, 2.05) is 62.4 Å². The van der Waals surface area contributed by atoms with Gasteiger partial charge < -0.3 is 5.32 Å². The number of urea groups is 1. The summed E-state index contributed by atoms with van der Waals surface area (Å²) in [5, 5.41) is 5.56. The molecule has 24 heavy (non-hydrogen) atoms. The molecule has 120 valence electrons. The Morgan fingerprint density at radius 2 is 1.75 bits per heavy atom. The van der Waals surface area contributed by atoms with E-state index < -0.39 is 0 Å². The van der Waals surface area contributed by atoms with Gasteiger partial charge in [-0.2, -0.15) is 0 Å². The molecule has 0 spiro atoms. The molecule has 0 bridgehead atoms. The van der Waals surface area contributed by atoms with Gasteiger partial charge in [-0.25, -0.2) is 9.78 Å². The molecule has 2 aromatic carbocycles. The monoisotopic (exact) mass is 318 g/mol. The SMILES string of the molecule is Cc1ccc(C)c(NC(=O)Nc2cncc(-c3ccccc3)n2)c1. The van der Waals surface area contributed by atoms with Gasteiger partial charge in [0.2, 0.25) is 0 Å². The van der Waals surface area contributed by atoms with E-state index in [0.717, 1.165) is 22.4 Å². The molecule has 5 nitrogen and oxygen atoms in total. The molecular formula is C19H18N4O. The first-order valence-corrected chi connectivity index (χ1v) is 7.64. The lowest BCUT2D eigenvalue weighted by atomic mass is 10.1. The third-order valence-electron chi connectivity index (χ3n) is 3.59. The van der Waals surface area contributed by atoms with Crippen LogP contribution in [0.25, 0.3) is 11.3 Å². The third kappa shape index (κ3) is 3.76. The smallest absolute Gasteiger partial charge is 0.307 e. The summed E-state index contributed by atoms with van der Waals surface area (Å²) >= 11 is 0. The largest absolute Gasteiger partial charge is 0.324 e. The average molecular weight is 318 g/mol. The van der Waals surface area contributed by atoms with E-state index in [9.17, 15) is 4.79 Å². The lowest BCUT2D eigenvalue weighted by molar-refractivity contribution is 0.262. The van der Waals surface area contributed by atoms with Crippen molar-refractivity contribution in [3.05, 3.63) is 72.1 Å². The Morgan fingerprint density at radius 3 is 2.54 bits per heavy atom. The first-order chi connectivity index (χ1) is 11.6. The summed E-state index contributed by atoms with van der Waals surface area (Å²) in [7, 11) is 0. The molecule has 0 aliphatic heterocycles. The number of amides is 2. The standard InChI is InChI=1S/C19H18N4O/c1-13-8-9-14(2)16(10-13)22-19(24)23-18-12-20-11-17(21-18)15-6-4-3-5-7-15/h3-12H,1-2H3,(H2,21,22,23,24). The summed E-state index contributed by atoms with van der Waals surface area (Å²) in [6.45, 7) is 3.93. The molecule has 0 aliphatic rings.